The first kappa shape index (κ1) is 21.3. The maximum Gasteiger partial charge on any atom is 0.338 e. The summed E-state index contributed by atoms with van der Waals surface area (Å²) in [6.45, 7) is 1.79. The molecule has 2 saturated heterocycles. The van der Waals surface area contributed by atoms with Crippen LogP contribution in [0, 0.1) is 6.92 Å². The lowest BCUT2D eigenvalue weighted by Crippen LogP contribution is -2.32. The van der Waals surface area contributed by atoms with E-state index >= 15 is 0 Å². The van der Waals surface area contributed by atoms with E-state index in [1.54, 1.807) is 12.1 Å². The van der Waals surface area contributed by atoms with Crippen molar-refractivity contribution in [1.82, 2.24) is 14.8 Å². The molecule has 170 valence electrons. The Hall–Kier alpha value is -3.60. The molecular weight excluding hydrogens is 428 g/mol. The highest BCUT2D eigenvalue weighted by molar-refractivity contribution is 5.91. The van der Waals surface area contributed by atoms with E-state index in [0.717, 1.165) is 11.1 Å². The third-order valence-electron chi connectivity index (χ3n) is 5.65. The number of aromatic nitrogens is 3. The number of amides is 1. The van der Waals surface area contributed by atoms with Gasteiger partial charge in [0.05, 0.1) is 5.56 Å². The fraction of sp³-hybridized carbons (Fsp3) is 0.304. The molecule has 2 aromatic carbocycles. The number of carbonyl (C=O) groups excluding carboxylic acids is 2. The molecule has 10 nitrogen and oxygen atoms in total. The number of fused-ring (bicyclic) bond motifs is 1. The highest BCUT2D eigenvalue weighted by Crippen LogP contribution is 2.44. The Kier molecular flexibility index (Phi) is 5.63. The van der Waals surface area contributed by atoms with Crippen molar-refractivity contribution in [3.63, 3.8) is 0 Å². The summed E-state index contributed by atoms with van der Waals surface area (Å²) < 4.78 is 25.3. The summed E-state index contributed by atoms with van der Waals surface area (Å²) in [6.07, 6.45) is -1.75. The van der Waals surface area contributed by atoms with Crippen molar-refractivity contribution < 1.29 is 28.5 Å². The highest BCUT2D eigenvalue weighted by atomic mass is 16.8. The lowest BCUT2D eigenvalue weighted by molar-refractivity contribution is -0.156. The molecule has 2 fully saturated rings. The molecule has 5 atom stereocenters. The maximum absolute atomic E-state index is 12.6. The fourth-order valence-corrected chi connectivity index (χ4v) is 4.00. The number of carbonyl (C=O) groups is 2. The number of ether oxygens (including phenoxy) is 4. The Balaban J connectivity index is 1.36. The zero-order valence-electron chi connectivity index (χ0n) is 17.7. The van der Waals surface area contributed by atoms with Crippen LogP contribution in [0.3, 0.4) is 0 Å². The summed E-state index contributed by atoms with van der Waals surface area (Å²) in [4.78, 5) is 27.9. The molecule has 0 spiro atoms. The van der Waals surface area contributed by atoms with Crippen LogP contribution >= 0.6 is 0 Å². The largest absolute Gasteiger partial charge is 0.459 e. The number of hydrogen-bond acceptors (Lipinski definition) is 8. The Labute approximate surface area is 189 Å². The zero-order chi connectivity index (χ0) is 22.9. The standard InChI is InChI=1S/C23H22N4O6/c1-13-7-5-6-10-15(13)22(29)30-11-16-17-18(33-23(32-17)14-8-3-2-4-9-14)21(31-16)27-12-25-20(26-27)19(24)28/h2-10,12,16-18,21,23H,11H2,1H3,(H2,24,28)/t16?,17?,18?,21-,23?/m1/s1. The van der Waals surface area contributed by atoms with Crippen LogP contribution in [0.4, 0.5) is 0 Å². The van der Waals surface area contributed by atoms with Crippen LogP contribution in [0.5, 0.6) is 0 Å². The van der Waals surface area contributed by atoms with E-state index in [4.69, 9.17) is 24.7 Å². The van der Waals surface area contributed by atoms with Crippen molar-refractivity contribution in [3.8, 4) is 0 Å². The third-order valence-corrected chi connectivity index (χ3v) is 5.65. The first-order chi connectivity index (χ1) is 16.0. The lowest BCUT2D eigenvalue weighted by Gasteiger charge is -2.20. The molecule has 0 bridgehead atoms. The van der Waals surface area contributed by atoms with Gasteiger partial charge in [0.15, 0.2) is 12.5 Å². The van der Waals surface area contributed by atoms with Crippen LogP contribution in [-0.2, 0) is 18.9 Å². The minimum absolute atomic E-state index is 0.0485. The van der Waals surface area contributed by atoms with Crippen molar-refractivity contribution in [2.75, 3.05) is 6.61 Å². The quantitative estimate of drug-likeness (QED) is 0.564. The molecule has 33 heavy (non-hydrogen) atoms. The van der Waals surface area contributed by atoms with Gasteiger partial charge < -0.3 is 24.7 Å². The van der Waals surface area contributed by atoms with Gasteiger partial charge in [-0.15, -0.1) is 5.10 Å². The molecule has 0 radical (unpaired) electrons. The minimum Gasteiger partial charge on any atom is -0.459 e. The second-order valence-electron chi connectivity index (χ2n) is 7.83. The van der Waals surface area contributed by atoms with Gasteiger partial charge in [-0.2, -0.15) is 0 Å². The lowest BCUT2D eigenvalue weighted by atomic mass is 10.1. The molecule has 0 aliphatic carbocycles. The van der Waals surface area contributed by atoms with E-state index in [0.29, 0.717) is 5.56 Å². The van der Waals surface area contributed by atoms with Gasteiger partial charge >= 0.3 is 5.97 Å². The van der Waals surface area contributed by atoms with Gasteiger partial charge in [-0.05, 0) is 18.6 Å². The molecule has 10 heteroatoms. The van der Waals surface area contributed by atoms with Crippen LogP contribution in [0.1, 0.15) is 44.6 Å². The Morgan fingerprint density at radius 2 is 1.76 bits per heavy atom. The second kappa shape index (κ2) is 8.74. The van der Waals surface area contributed by atoms with E-state index in [1.165, 1.54) is 11.0 Å². The van der Waals surface area contributed by atoms with Crippen molar-refractivity contribution >= 4 is 11.9 Å². The van der Waals surface area contributed by atoms with Crippen LogP contribution in [-0.4, -0.2) is 51.6 Å². The molecule has 5 rings (SSSR count). The van der Waals surface area contributed by atoms with Gasteiger partial charge in [0.2, 0.25) is 5.82 Å². The molecule has 1 amide bonds. The van der Waals surface area contributed by atoms with Crippen molar-refractivity contribution in [1.29, 1.82) is 0 Å². The summed E-state index contributed by atoms with van der Waals surface area (Å²) in [5.41, 5.74) is 7.42. The summed E-state index contributed by atoms with van der Waals surface area (Å²) in [5.74, 6) is -1.34. The van der Waals surface area contributed by atoms with Crippen LogP contribution in [0.2, 0.25) is 0 Å². The summed E-state index contributed by atoms with van der Waals surface area (Å²) in [7, 11) is 0. The minimum atomic E-state index is -0.752. The van der Waals surface area contributed by atoms with Crippen LogP contribution in [0.15, 0.2) is 60.9 Å². The van der Waals surface area contributed by atoms with Crippen LogP contribution in [0.25, 0.3) is 0 Å². The molecule has 0 saturated carbocycles. The number of nitrogens with two attached hydrogens (primary N) is 1. The smallest absolute Gasteiger partial charge is 0.338 e. The molecule has 2 aliphatic heterocycles. The molecule has 2 N–H and O–H groups in total. The van der Waals surface area contributed by atoms with Gasteiger partial charge in [-0.3, -0.25) is 4.79 Å². The SMILES string of the molecule is Cc1ccccc1C(=O)OCC1O[C@@H](n2cnc(C(N)=O)n2)C2OC(c3ccccc3)OC12. The third kappa shape index (κ3) is 4.11. The first-order valence-electron chi connectivity index (χ1n) is 10.5. The first-order valence-corrected chi connectivity index (χ1v) is 10.5. The monoisotopic (exact) mass is 450 g/mol. The number of esters is 1. The number of aryl methyl sites for hydroxylation is 1. The maximum atomic E-state index is 12.6. The van der Waals surface area contributed by atoms with E-state index in [1.807, 2.05) is 49.4 Å². The Morgan fingerprint density at radius 1 is 1.03 bits per heavy atom. The van der Waals surface area contributed by atoms with Gasteiger partial charge in [-0.1, -0.05) is 48.5 Å². The number of nitrogens with zero attached hydrogens (tertiary/aromatic N) is 3. The van der Waals surface area contributed by atoms with Gasteiger partial charge in [0, 0.05) is 5.56 Å². The number of primary amides is 1. The number of rotatable bonds is 6. The van der Waals surface area contributed by atoms with Crippen molar-refractivity contribution in [2.45, 2.75) is 37.8 Å². The van der Waals surface area contributed by atoms with E-state index in [2.05, 4.69) is 10.1 Å². The summed E-state index contributed by atoms with van der Waals surface area (Å²) in [5, 5.41) is 4.10. The highest BCUT2D eigenvalue weighted by Gasteiger charge is 2.54. The molecule has 3 heterocycles. The normalized spacial score (nSPS) is 26.2. The number of benzene rings is 2. The fourth-order valence-electron chi connectivity index (χ4n) is 4.00. The van der Waals surface area contributed by atoms with Gasteiger partial charge in [-0.25, -0.2) is 14.5 Å². The molecular formula is C23H22N4O6. The van der Waals surface area contributed by atoms with E-state index in [9.17, 15) is 9.59 Å². The van der Waals surface area contributed by atoms with Crippen molar-refractivity contribution in [2.24, 2.45) is 5.73 Å². The second-order valence-corrected chi connectivity index (χ2v) is 7.83. The average molecular weight is 450 g/mol. The van der Waals surface area contributed by atoms with E-state index < -0.39 is 42.7 Å². The van der Waals surface area contributed by atoms with Crippen molar-refractivity contribution in [3.05, 3.63) is 83.4 Å². The van der Waals surface area contributed by atoms with Gasteiger partial charge in [0.1, 0.15) is 31.2 Å². The predicted octanol–water partition coefficient (Wildman–Crippen LogP) is 1.92. The average Bonchev–Trinajstić information content (AvgIpc) is 3.54. The van der Waals surface area contributed by atoms with Crippen LogP contribution < -0.4 is 5.73 Å². The molecule has 2 aliphatic rings. The Bertz CT molecular complexity index is 1170. The molecule has 4 unspecified atom stereocenters. The molecule has 1 aromatic heterocycles. The summed E-state index contributed by atoms with van der Waals surface area (Å²) in [6, 6.07) is 16.7. The molecule has 3 aromatic rings. The summed E-state index contributed by atoms with van der Waals surface area (Å²) >= 11 is 0. The topological polar surface area (TPSA) is 128 Å². The van der Waals surface area contributed by atoms with E-state index in [-0.39, 0.29) is 12.4 Å². The predicted molar refractivity (Wildman–Crippen MR) is 113 cm³/mol. The number of hydrogen-bond donors (Lipinski definition) is 1. The zero-order valence-corrected chi connectivity index (χ0v) is 17.7. The Morgan fingerprint density at radius 3 is 2.48 bits per heavy atom. The van der Waals surface area contributed by atoms with Gasteiger partial charge in [0.25, 0.3) is 5.91 Å².